The summed E-state index contributed by atoms with van der Waals surface area (Å²) in [5.41, 5.74) is 0.447. The molecule has 0 saturated carbocycles. The molecule has 0 amide bonds. The van der Waals surface area contributed by atoms with Gasteiger partial charge in [0.25, 0.3) is 0 Å². The monoisotopic (exact) mass is 269 g/mol. The summed E-state index contributed by atoms with van der Waals surface area (Å²) in [5, 5.41) is 8.91. The molecule has 0 aliphatic carbocycles. The van der Waals surface area contributed by atoms with Crippen LogP contribution in [0, 0.1) is 23.5 Å². The summed E-state index contributed by atoms with van der Waals surface area (Å²) in [4.78, 5) is 12.9. The fourth-order valence-corrected chi connectivity index (χ4v) is 2.42. The molecule has 1 aliphatic rings. The van der Waals surface area contributed by atoms with E-state index in [0.29, 0.717) is 18.7 Å². The lowest BCUT2D eigenvalue weighted by Gasteiger charge is -2.45. The van der Waals surface area contributed by atoms with Crippen molar-refractivity contribution in [2.75, 3.05) is 13.1 Å². The summed E-state index contributed by atoms with van der Waals surface area (Å²) < 4.78 is 26.5. The van der Waals surface area contributed by atoms with Gasteiger partial charge in [-0.15, -0.1) is 0 Å². The molecule has 0 spiro atoms. The Bertz CT molecular complexity index is 486. The predicted molar refractivity (Wildman–Crippen MR) is 66.6 cm³/mol. The van der Waals surface area contributed by atoms with Crippen LogP contribution in [-0.2, 0) is 4.79 Å². The highest BCUT2D eigenvalue weighted by atomic mass is 19.1. The average Bonchev–Trinajstić information content (AvgIpc) is 2.26. The Kier molecular flexibility index (Phi) is 3.85. The van der Waals surface area contributed by atoms with E-state index in [1.807, 2.05) is 11.8 Å². The summed E-state index contributed by atoms with van der Waals surface area (Å²) in [6.45, 7) is 4.79. The van der Waals surface area contributed by atoms with Crippen LogP contribution in [0.1, 0.15) is 25.5 Å². The number of hydrogen-bond donors (Lipinski definition) is 1. The largest absolute Gasteiger partial charge is 0.481 e. The molecule has 5 heteroatoms. The third-order valence-electron chi connectivity index (χ3n) is 3.99. The SMILES string of the molecule is CC(C(=O)O)C1CN(C(C)c2ccc(F)cc2F)C1. The lowest BCUT2D eigenvalue weighted by molar-refractivity contribution is -0.146. The molecule has 0 radical (unpaired) electrons. The van der Waals surface area contributed by atoms with E-state index >= 15 is 0 Å². The van der Waals surface area contributed by atoms with E-state index in [0.717, 1.165) is 6.07 Å². The fraction of sp³-hybridized carbons (Fsp3) is 0.500. The van der Waals surface area contributed by atoms with Crippen LogP contribution in [0.4, 0.5) is 8.78 Å². The zero-order chi connectivity index (χ0) is 14.2. The van der Waals surface area contributed by atoms with Gasteiger partial charge in [0.15, 0.2) is 0 Å². The molecule has 1 heterocycles. The Morgan fingerprint density at radius 1 is 1.37 bits per heavy atom. The number of aliphatic carboxylic acids is 1. The van der Waals surface area contributed by atoms with E-state index in [1.165, 1.54) is 12.1 Å². The van der Waals surface area contributed by atoms with Crippen molar-refractivity contribution >= 4 is 5.97 Å². The number of likely N-dealkylation sites (tertiary alicyclic amines) is 1. The van der Waals surface area contributed by atoms with Crippen LogP contribution < -0.4 is 0 Å². The number of carboxylic acids is 1. The molecule has 0 bridgehead atoms. The molecule has 2 unspecified atom stereocenters. The molecule has 1 saturated heterocycles. The number of carbonyl (C=O) groups is 1. The minimum atomic E-state index is -0.801. The van der Waals surface area contributed by atoms with Crippen LogP contribution in [0.3, 0.4) is 0 Å². The Hall–Kier alpha value is -1.49. The molecule has 2 atom stereocenters. The van der Waals surface area contributed by atoms with Crippen molar-refractivity contribution in [2.45, 2.75) is 19.9 Å². The smallest absolute Gasteiger partial charge is 0.306 e. The van der Waals surface area contributed by atoms with Crippen LogP contribution in [0.25, 0.3) is 0 Å². The van der Waals surface area contributed by atoms with Crippen molar-refractivity contribution < 1.29 is 18.7 Å². The first kappa shape index (κ1) is 13.9. The molecule has 2 rings (SSSR count). The minimum absolute atomic E-state index is 0.100. The van der Waals surface area contributed by atoms with Crippen LogP contribution in [-0.4, -0.2) is 29.1 Å². The maximum absolute atomic E-state index is 13.6. The number of halogens is 2. The van der Waals surface area contributed by atoms with Gasteiger partial charge in [0.05, 0.1) is 5.92 Å². The van der Waals surface area contributed by atoms with Crippen LogP contribution in [0.15, 0.2) is 18.2 Å². The highest BCUT2D eigenvalue weighted by Gasteiger charge is 2.37. The van der Waals surface area contributed by atoms with Crippen molar-refractivity contribution in [1.29, 1.82) is 0 Å². The fourth-order valence-electron chi connectivity index (χ4n) is 2.42. The highest BCUT2D eigenvalue weighted by molar-refractivity contribution is 5.70. The Morgan fingerprint density at radius 2 is 2.00 bits per heavy atom. The van der Waals surface area contributed by atoms with Gasteiger partial charge in [0.2, 0.25) is 0 Å². The third kappa shape index (κ3) is 2.76. The quantitative estimate of drug-likeness (QED) is 0.913. The molecule has 1 aromatic rings. The minimum Gasteiger partial charge on any atom is -0.481 e. The van der Waals surface area contributed by atoms with E-state index in [4.69, 9.17) is 5.11 Å². The second kappa shape index (κ2) is 5.25. The standard InChI is InChI=1S/C14H17F2NO2/c1-8(14(18)19)10-6-17(7-10)9(2)12-4-3-11(15)5-13(12)16/h3-5,8-10H,6-7H2,1-2H3,(H,18,19). The Labute approximate surface area is 110 Å². The summed E-state index contributed by atoms with van der Waals surface area (Å²) in [7, 11) is 0. The second-order valence-electron chi connectivity index (χ2n) is 5.18. The van der Waals surface area contributed by atoms with Crippen LogP contribution in [0.2, 0.25) is 0 Å². The molecule has 19 heavy (non-hydrogen) atoms. The van der Waals surface area contributed by atoms with Crippen molar-refractivity contribution in [3.05, 3.63) is 35.4 Å². The van der Waals surface area contributed by atoms with Gasteiger partial charge >= 0.3 is 5.97 Å². The van der Waals surface area contributed by atoms with Gasteiger partial charge in [0.1, 0.15) is 11.6 Å². The molecular formula is C14H17F2NO2. The van der Waals surface area contributed by atoms with Gasteiger partial charge in [-0.3, -0.25) is 9.69 Å². The molecule has 104 valence electrons. The van der Waals surface area contributed by atoms with Crippen LogP contribution >= 0.6 is 0 Å². The van der Waals surface area contributed by atoms with Gasteiger partial charge in [-0.1, -0.05) is 13.0 Å². The third-order valence-corrected chi connectivity index (χ3v) is 3.99. The molecule has 1 N–H and O–H groups in total. The van der Waals surface area contributed by atoms with Crippen molar-refractivity contribution in [3.8, 4) is 0 Å². The van der Waals surface area contributed by atoms with E-state index < -0.39 is 17.6 Å². The van der Waals surface area contributed by atoms with E-state index in [-0.39, 0.29) is 17.9 Å². The van der Waals surface area contributed by atoms with Gasteiger partial charge in [-0.05, 0) is 18.9 Å². The van der Waals surface area contributed by atoms with E-state index in [9.17, 15) is 13.6 Å². The van der Waals surface area contributed by atoms with Gasteiger partial charge in [-0.25, -0.2) is 8.78 Å². The first-order valence-electron chi connectivity index (χ1n) is 6.32. The molecule has 1 aromatic carbocycles. The summed E-state index contributed by atoms with van der Waals surface area (Å²) in [6, 6.07) is 3.40. The first-order chi connectivity index (χ1) is 8.90. The predicted octanol–water partition coefficient (Wildman–Crippen LogP) is 2.68. The second-order valence-corrected chi connectivity index (χ2v) is 5.18. The first-order valence-corrected chi connectivity index (χ1v) is 6.32. The topological polar surface area (TPSA) is 40.5 Å². The van der Waals surface area contributed by atoms with Crippen molar-refractivity contribution in [3.63, 3.8) is 0 Å². The zero-order valence-electron chi connectivity index (χ0n) is 10.9. The maximum Gasteiger partial charge on any atom is 0.306 e. The van der Waals surface area contributed by atoms with E-state index in [2.05, 4.69) is 0 Å². The molecule has 1 fully saturated rings. The summed E-state index contributed by atoms with van der Waals surface area (Å²) >= 11 is 0. The molecule has 1 aliphatic heterocycles. The number of carboxylic acid groups (broad SMARTS) is 1. The molecule has 3 nitrogen and oxygen atoms in total. The van der Waals surface area contributed by atoms with E-state index in [1.54, 1.807) is 6.92 Å². The number of hydrogen-bond acceptors (Lipinski definition) is 2. The molecular weight excluding hydrogens is 252 g/mol. The van der Waals surface area contributed by atoms with Gasteiger partial charge in [0, 0.05) is 30.8 Å². The van der Waals surface area contributed by atoms with Crippen LogP contribution in [0.5, 0.6) is 0 Å². The number of benzene rings is 1. The van der Waals surface area contributed by atoms with Crippen molar-refractivity contribution in [1.82, 2.24) is 4.90 Å². The lowest BCUT2D eigenvalue weighted by atomic mass is 9.85. The maximum atomic E-state index is 13.6. The Balaban J connectivity index is 2.00. The highest BCUT2D eigenvalue weighted by Crippen LogP contribution is 2.33. The summed E-state index contributed by atoms with van der Waals surface area (Å²) in [6.07, 6.45) is 0. The summed E-state index contributed by atoms with van der Waals surface area (Å²) in [5.74, 6) is -2.23. The zero-order valence-corrected chi connectivity index (χ0v) is 10.9. The van der Waals surface area contributed by atoms with Crippen molar-refractivity contribution in [2.24, 2.45) is 11.8 Å². The normalized spacial score (nSPS) is 19.8. The number of nitrogens with zero attached hydrogens (tertiary/aromatic N) is 1. The number of rotatable bonds is 4. The Morgan fingerprint density at radius 3 is 2.53 bits per heavy atom. The van der Waals surface area contributed by atoms with Gasteiger partial charge in [-0.2, -0.15) is 0 Å². The van der Waals surface area contributed by atoms with Gasteiger partial charge < -0.3 is 5.11 Å². The average molecular weight is 269 g/mol. The molecule has 0 aromatic heterocycles. The lowest BCUT2D eigenvalue weighted by Crippen LogP contribution is -2.51.